The van der Waals surface area contributed by atoms with Crippen LogP contribution in [0.2, 0.25) is 0 Å². The van der Waals surface area contributed by atoms with E-state index in [0.29, 0.717) is 13.1 Å². The van der Waals surface area contributed by atoms with Gasteiger partial charge in [0.05, 0.1) is 0 Å². The Balaban J connectivity index is 0. The molecule has 2 nitrogen and oxygen atoms in total. The molecule has 0 amide bonds. The molecule has 0 radical (unpaired) electrons. The van der Waals surface area contributed by atoms with Crippen LogP contribution in [0.1, 0.15) is 0 Å². The molecule has 0 fully saturated rings. The van der Waals surface area contributed by atoms with Gasteiger partial charge in [-0.15, -0.1) is 0 Å². The van der Waals surface area contributed by atoms with E-state index < -0.39 is 0 Å². The van der Waals surface area contributed by atoms with Crippen molar-refractivity contribution in [2.24, 2.45) is 11.5 Å². The normalized spacial score (nSPS) is 6.00. The number of hydrogen-bond acceptors (Lipinski definition) is 2. The fraction of sp³-hybridized carbons (Fsp3) is 1.00. The van der Waals surface area contributed by atoms with Crippen LogP contribution >= 0.6 is 0 Å². The Hall–Kier alpha value is 0.608. The van der Waals surface area contributed by atoms with Gasteiger partial charge in [-0.1, -0.05) is 0 Å². The van der Waals surface area contributed by atoms with Gasteiger partial charge in [0.15, 0.2) is 0 Å². The maximum Gasteiger partial charge on any atom is 0.00461 e. The molecule has 0 aliphatic heterocycles. The van der Waals surface area contributed by atoms with Crippen LogP contribution in [0.5, 0.6) is 0 Å². The van der Waals surface area contributed by atoms with Gasteiger partial charge in [-0.25, -0.2) is 0 Å². The molecule has 0 aromatic carbocycles. The van der Waals surface area contributed by atoms with E-state index in [4.69, 9.17) is 11.5 Å². The molecule has 0 heterocycles. The summed E-state index contributed by atoms with van der Waals surface area (Å²) in [6, 6.07) is 0. The maximum absolute atomic E-state index is 4.90. The van der Waals surface area contributed by atoms with Crippen LogP contribution in [0.4, 0.5) is 0 Å². The Morgan fingerprint density at radius 2 is 1.20 bits per heavy atom. The van der Waals surface area contributed by atoms with Crippen molar-refractivity contribution in [3.05, 3.63) is 0 Å². The molecule has 0 saturated heterocycles. The zero-order chi connectivity index (χ0) is 3.41. The van der Waals surface area contributed by atoms with Gasteiger partial charge in [0.1, 0.15) is 0 Å². The monoisotopic (exact) mass is 158 g/mol. The number of nitrogens with two attached hydrogens (primary N) is 2. The molecule has 0 bridgehead atoms. The second-order valence-corrected chi connectivity index (χ2v) is 0.577. The van der Waals surface area contributed by atoms with Crippen molar-refractivity contribution in [2.75, 3.05) is 13.1 Å². The Bertz CT molecular complexity index is 9.61. The molecule has 0 rings (SSSR count). The summed E-state index contributed by atoms with van der Waals surface area (Å²) >= 11 is 0. The summed E-state index contributed by atoms with van der Waals surface area (Å²) in [6.45, 7) is 1.19. The van der Waals surface area contributed by atoms with E-state index in [9.17, 15) is 0 Å². The minimum atomic E-state index is 0. The summed E-state index contributed by atoms with van der Waals surface area (Å²) in [7, 11) is 0. The second kappa shape index (κ2) is 8.82. The van der Waals surface area contributed by atoms with Gasteiger partial charge >= 0.3 is 0 Å². The number of hydrogen-bond donors (Lipinski definition) is 2. The summed E-state index contributed by atoms with van der Waals surface area (Å²) in [5.41, 5.74) is 9.81. The third-order valence-corrected chi connectivity index (χ3v) is 0.167. The fourth-order valence-electron chi connectivity index (χ4n) is 0. The smallest absolute Gasteiger partial charge is 0.00461 e. The number of rotatable bonds is 1. The Morgan fingerprint density at radius 3 is 1.20 bits per heavy atom. The average Bonchev–Trinajstić information content (AvgIpc) is 1.37. The van der Waals surface area contributed by atoms with E-state index in [1.54, 1.807) is 0 Å². The second-order valence-electron chi connectivity index (χ2n) is 0.577. The fourth-order valence-corrected chi connectivity index (χ4v) is 0. The van der Waals surface area contributed by atoms with Crippen molar-refractivity contribution in [1.82, 2.24) is 0 Å². The third-order valence-electron chi connectivity index (χ3n) is 0.167. The molecule has 0 atom stereocenters. The van der Waals surface area contributed by atoms with Gasteiger partial charge in [0, 0.05) is 34.2 Å². The van der Waals surface area contributed by atoms with Crippen molar-refractivity contribution < 1.29 is 21.1 Å². The van der Waals surface area contributed by atoms with Crippen molar-refractivity contribution in [1.29, 1.82) is 0 Å². The van der Waals surface area contributed by atoms with Crippen molar-refractivity contribution in [3.63, 3.8) is 0 Å². The minimum absolute atomic E-state index is 0. The summed E-state index contributed by atoms with van der Waals surface area (Å²) in [5.74, 6) is 0. The molecule has 0 spiro atoms. The Labute approximate surface area is 46.2 Å². The Kier molecular flexibility index (Phi) is 16.1. The van der Waals surface area contributed by atoms with Crippen LogP contribution in [0.25, 0.3) is 0 Å². The standard InChI is InChI=1S/C2H8N2.Mo/c3-1-2-4;/h1-4H2;. The van der Waals surface area contributed by atoms with E-state index in [2.05, 4.69) is 0 Å². The van der Waals surface area contributed by atoms with Crippen LogP contribution in [0.3, 0.4) is 0 Å². The first-order chi connectivity index (χ1) is 1.91. The molecule has 0 aromatic heterocycles. The first kappa shape index (κ1) is 9.15. The summed E-state index contributed by atoms with van der Waals surface area (Å²) in [5, 5.41) is 0. The molecule has 0 saturated carbocycles. The first-order valence-electron chi connectivity index (χ1n) is 1.32. The Morgan fingerprint density at radius 1 is 1.00 bits per heavy atom. The van der Waals surface area contributed by atoms with Gasteiger partial charge in [-0.3, -0.25) is 0 Å². The quantitative estimate of drug-likeness (QED) is 0.473. The molecule has 4 N–H and O–H groups in total. The SMILES string of the molecule is NCCN.[Mo]. The van der Waals surface area contributed by atoms with E-state index in [1.165, 1.54) is 0 Å². The van der Waals surface area contributed by atoms with E-state index in [1.807, 2.05) is 0 Å². The van der Waals surface area contributed by atoms with Crippen LogP contribution in [-0.2, 0) is 21.1 Å². The van der Waals surface area contributed by atoms with E-state index >= 15 is 0 Å². The topological polar surface area (TPSA) is 52.0 Å². The predicted molar refractivity (Wildman–Crippen MR) is 18.1 cm³/mol. The summed E-state index contributed by atoms with van der Waals surface area (Å²) < 4.78 is 0. The van der Waals surface area contributed by atoms with Gasteiger partial charge < -0.3 is 11.5 Å². The van der Waals surface area contributed by atoms with Crippen molar-refractivity contribution in [2.45, 2.75) is 0 Å². The van der Waals surface area contributed by atoms with Crippen LogP contribution in [0.15, 0.2) is 0 Å². The minimum Gasteiger partial charge on any atom is -0.329 e. The molecule has 0 aromatic rings. The summed E-state index contributed by atoms with van der Waals surface area (Å²) in [4.78, 5) is 0. The van der Waals surface area contributed by atoms with E-state index in [0.717, 1.165) is 0 Å². The molecular formula is C2H8MoN2. The molecule has 0 aliphatic carbocycles. The molecule has 32 valence electrons. The van der Waals surface area contributed by atoms with Gasteiger partial charge in [0.2, 0.25) is 0 Å². The maximum atomic E-state index is 4.90. The van der Waals surface area contributed by atoms with Gasteiger partial charge in [0.25, 0.3) is 0 Å². The van der Waals surface area contributed by atoms with Crippen LogP contribution in [0, 0.1) is 0 Å². The predicted octanol–water partition coefficient (Wildman–Crippen LogP) is -1.10. The van der Waals surface area contributed by atoms with Gasteiger partial charge in [-0.2, -0.15) is 0 Å². The molecule has 3 heteroatoms. The van der Waals surface area contributed by atoms with E-state index in [-0.39, 0.29) is 21.1 Å². The molecular weight excluding hydrogens is 148 g/mol. The van der Waals surface area contributed by atoms with Crippen molar-refractivity contribution in [3.8, 4) is 0 Å². The van der Waals surface area contributed by atoms with Crippen LogP contribution < -0.4 is 11.5 Å². The summed E-state index contributed by atoms with van der Waals surface area (Å²) in [6.07, 6.45) is 0. The first-order valence-corrected chi connectivity index (χ1v) is 1.32. The molecule has 0 unspecified atom stereocenters. The van der Waals surface area contributed by atoms with Crippen molar-refractivity contribution >= 4 is 0 Å². The molecule has 0 aliphatic rings. The average molecular weight is 156 g/mol. The zero-order valence-corrected chi connectivity index (χ0v) is 4.98. The largest absolute Gasteiger partial charge is 0.329 e. The molecule has 5 heavy (non-hydrogen) atoms. The van der Waals surface area contributed by atoms with Crippen LogP contribution in [-0.4, -0.2) is 13.1 Å². The van der Waals surface area contributed by atoms with Gasteiger partial charge in [-0.05, 0) is 0 Å². The third kappa shape index (κ3) is 12.1. The zero-order valence-electron chi connectivity index (χ0n) is 2.98.